The summed E-state index contributed by atoms with van der Waals surface area (Å²) in [4.78, 5) is 14.4. The molecule has 0 aliphatic heterocycles. The Bertz CT molecular complexity index is 1050. The van der Waals surface area contributed by atoms with E-state index in [9.17, 15) is 4.79 Å². The first-order valence-electron chi connectivity index (χ1n) is 9.65. The van der Waals surface area contributed by atoms with E-state index in [2.05, 4.69) is 42.8 Å². The maximum absolute atomic E-state index is 12.7. The summed E-state index contributed by atoms with van der Waals surface area (Å²) in [5, 5.41) is 5.65. The Balaban J connectivity index is 1.55. The van der Waals surface area contributed by atoms with Crippen molar-refractivity contribution in [2.45, 2.75) is 40.5 Å². The predicted molar refractivity (Wildman–Crippen MR) is 115 cm³/mol. The lowest BCUT2D eigenvalue weighted by atomic mass is 9.76. The smallest absolute Gasteiger partial charge is 0.279 e. The Morgan fingerprint density at radius 1 is 1.29 bits per heavy atom. The monoisotopic (exact) mass is 394 g/mol. The molecule has 5 nitrogen and oxygen atoms in total. The number of hydrazine groups is 1. The van der Waals surface area contributed by atoms with E-state index < -0.39 is 0 Å². The van der Waals surface area contributed by atoms with Gasteiger partial charge >= 0.3 is 0 Å². The number of aryl methyl sites for hydroxylation is 1. The van der Waals surface area contributed by atoms with E-state index in [-0.39, 0.29) is 11.3 Å². The lowest BCUT2D eigenvalue weighted by Gasteiger charge is -2.32. The van der Waals surface area contributed by atoms with Gasteiger partial charge in [-0.1, -0.05) is 45.0 Å². The number of hydrogen-bond acceptors (Lipinski definition) is 4. The van der Waals surface area contributed by atoms with Crippen molar-refractivity contribution < 1.29 is 4.79 Å². The summed E-state index contributed by atoms with van der Waals surface area (Å²) >= 11 is 1.46. The van der Waals surface area contributed by atoms with Crippen molar-refractivity contribution in [1.29, 1.82) is 0 Å². The van der Waals surface area contributed by atoms with Gasteiger partial charge in [0.2, 0.25) is 0 Å². The zero-order chi connectivity index (χ0) is 19.9. The van der Waals surface area contributed by atoms with Crippen molar-refractivity contribution in [3.8, 4) is 5.69 Å². The topological polar surface area (TPSA) is 59.0 Å². The second-order valence-electron chi connectivity index (χ2n) is 8.41. The van der Waals surface area contributed by atoms with Crippen molar-refractivity contribution in [3.05, 3.63) is 58.7 Å². The molecule has 0 saturated carbocycles. The van der Waals surface area contributed by atoms with E-state index in [4.69, 9.17) is 0 Å². The molecule has 2 heterocycles. The quantitative estimate of drug-likeness (QED) is 0.614. The molecule has 2 N–H and O–H groups in total. The highest BCUT2D eigenvalue weighted by molar-refractivity contribution is 7.20. The summed E-state index contributed by atoms with van der Waals surface area (Å²) < 4.78 is 1.91. The summed E-state index contributed by atoms with van der Waals surface area (Å²) in [6.45, 7) is 8.69. The number of amides is 1. The first kappa shape index (κ1) is 18.7. The molecular weight excluding hydrogens is 368 g/mol. The van der Waals surface area contributed by atoms with Crippen LogP contribution in [0.15, 0.2) is 48.2 Å². The van der Waals surface area contributed by atoms with Crippen LogP contribution in [0.3, 0.4) is 0 Å². The number of thiophene rings is 1. The Kier molecular flexibility index (Phi) is 4.75. The van der Waals surface area contributed by atoms with E-state index in [0.29, 0.717) is 10.8 Å². The first-order valence-corrected chi connectivity index (χ1v) is 10.5. The van der Waals surface area contributed by atoms with E-state index in [1.54, 1.807) is 0 Å². The van der Waals surface area contributed by atoms with Crippen molar-refractivity contribution in [2.24, 2.45) is 11.3 Å². The molecule has 0 fully saturated rings. The minimum absolute atomic E-state index is 0.114. The van der Waals surface area contributed by atoms with Crippen LogP contribution in [0, 0.1) is 18.3 Å². The molecule has 2 aromatic heterocycles. The molecule has 0 unspecified atom stereocenters. The molecule has 0 bridgehead atoms. The highest BCUT2D eigenvalue weighted by Gasteiger charge is 2.25. The Hall–Kier alpha value is -2.60. The highest BCUT2D eigenvalue weighted by atomic mass is 32.1. The van der Waals surface area contributed by atoms with Crippen LogP contribution < -0.4 is 10.9 Å². The zero-order valence-electron chi connectivity index (χ0n) is 16.7. The average molecular weight is 395 g/mol. The number of allylic oxidation sites excluding steroid dienone is 2. The summed E-state index contributed by atoms with van der Waals surface area (Å²) in [6.07, 6.45) is 4.35. The number of nitrogens with zero attached hydrogens (tertiary/aromatic N) is 2. The third-order valence-electron chi connectivity index (χ3n) is 5.11. The van der Waals surface area contributed by atoms with E-state index in [0.717, 1.165) is 40.1 Å². The molecule has 146 valence electrons. The Morgan fingerprint density at radius 3 is 2.75 bits per heavy atom. The number of rotatable bonds is 4. The van der Waals surface area contributed by atoms with Gasteiger partial charge in [0.05, 0.1) is 16.3 Å². The fourth-order valence-corrected chi connectivity index (χ4v) is 5.20. The highest BCUT2D eigenvalue weighted by Crippen LogP contribution is 2.35. The molecule has 3 aromatic rings. The Morgan fingerprint density at radius 2 is 2.04 bits per heavy atom. The largest absolute Gasteiger partial charge is 0.303 e. The number of para-hydroxylation sites is 1. The van der Waals surface area contributed by atoms with Gasteiger partial charge in [-0.3, -0.25) is 10.2 Å². The van der Waals surface area contributed by atoms with Crippen LogP contribution in [0.25, 0.3) is 15.9 Å². The normalized spacial score (nSPS) is 18.7. The lowest BCUT2D eigenvalue weighted by molar-refractivity contribution is 0.0940. The number of hydrogen-bond donors (Lipinski definition) is 2. The van der Waals surface area contributed by atoms with Crippen molar-refractivity contribution in [2.75, 3.05) is 0 Å². The number of benzene rings is 1. The second kappa shape index (κ2) is 7.09. The van der Waals surface area contributed by atoms with Gasteiger partial charge in [0.15, 0.2) is 0 Å². The average Bonchev–Trinajstić information content (AvgIpc) is 3.20. The van der Waals surface area contributed by atoms with Crippen LogP contribution in [0.4, 0.5) is 0 Å². The van der Waals surface area contributed by atoms with Crippen LogP contribution in [-0.4, -0.2) is 15.7 Å². The van der Waals surface area contributed by atoms with E-state index in [1.165, 1.54) is 11.3 Å². The van der Waals surface area contributed by atoms with Crippen molar-refractivity contribution in [1.82, 2.24) is 20.6 Å². The van der Waals surface area contributed by atoms with Gasteiger partial charge in [-0.2, -0.15) is 5.10 Å². The van der Waals surface area contributed by atoms with Crippen molar-refractivity contribution >= 4 is 27.5 Å². The lowest BCUT2D eigenvalue weighted by Crippen LogP contribution is -2.38. The molecule has 4 rings (SSSR count). The molecule has 0 radical (unpaired) electrons. The number of fused-ring (bicyclic) bond motifs is 1. The minimum atomic E-state index is -0.114. The van der Waals surface area contributed by atoms with Gasteiger partial charge in [0.25, 0.3) is 5.91 Å². The molecule has 0 spiro atoms. The summed E-state index contributed by atoms with van der Waals surface area (Å²) in [7, 11) is 0. The molecule has 6 heteroatoms. The number of nitrogens with one attached hydrogen (secondary N) is 2. The molecule has 1 aliphatic rings. The fraction of sp³-hybridized carbons (Fsp3) is 0.364. The molecule has 1 aliphatic carbocycles. The maximum atomic E-state index is 12.7. The van der Waals surface area contributed by atoms with Crippen molar-refractivity contribution in [3.63, 3.8) is 0 Å². The van der Waals surface area contributed by atoms with Crippen LogP contribution in [0.2, 0.25) is 0 Å². The Labute approximate surface area is 169 Å². The SMILES string of the molecule is Cc1nn(-c2ccccc2)c2sc(C(=O)NNC3=CC(C)(C)C[C@@H](C)C3)cc12. The minimum Gasteiger partial charge on any atom is -0.303 e. The summed E-state index contributed by atoms with van der Waals surface area (Å²) in [6, 6.07) is 11.9. The number of carbonyl (C=O) groups is 1. The third kappa shape index (κ3) is 3.69. The van der Waals surface area contributed by atoms with E-state index >= 15 is 0 Å². The predicted octanol–water partition coefficient (Wildman–Crippen LogP) is 4.97. The zero-order valence-corrected chi connectivity index (χ0v) is 17.6. The molecule has 28 heavy (non-hydrogen) atoms. The van der Waals surface area contributed by atoms with Gasteiger partial charge in [0, 0.05) is 11.1 Å². The van der Waals surface area contributed by atoms with Gasteiger partial charge in [-0.05, 0) is 49.3 Å². The molecule has 0 saturated heterocycles. The third-order valence-corrected chi connectivity index (χ3v) is 6.22. The molecule has 1 amide bonds. The van der Waals surface area contributed by atoms with Gasteiger partial charge in [-0.25, -0.2) is 4.68 Å². The summed E-state index contributed by atoms with van der Waals surface area (Å²) in [5.74, 6) is 0.486. The van der Waals surface area contributed by atoms with Gasteiger partial charge in [-0.15, -0.1) is 11.3 Å². The molecule has 1 aromatic carbocycles. The van der Waals surface area contributed by atoms with E-state index in [1.807, 2.05) is 48.0 Å². The van der Waals surface area contributed by atoms with Crippen LogP contribution in [-0.2, 0) is 0 Å². The number of aromatic nitrogens is 2. The standard InChI is InChI=1S/C22H26N4OS/c1-14-10-16(13-22(3,4)12-14)23-24-20(27)19-11-18-15(2)25-26(21(18)28-19)17-8-6-5-7-9-17/h5-9,11,13-14,23H,10,12H2,1-4H3,(H,24,27)/t14-/m0/s1. The van der Waals surface area contributed by atoms with Gasteiger partial charge in [0.1, 0.15) is 4.83 Å². The fourth-order valence-electron chi connectivity index (χ4n) is 4.12. The molecule has 1 atom stereocenters. The molecular formula is C22H26N4OS. The van der Waals surface area contributed by atoms with Gasteiger partial charge < -0.3 is 5.43 Å². The number of carbonyl (C=O) groups excluding carboxylic acids is 1. The van der Waals surface area contributed by atoms with Crippen LogP contribution >= 0.6 is 11.3 Å². The first-order chi connectivity index (χ1) is 13.3. The van der Waals surface area contributed by atoms with Crippen LogP contribution in [0.5, 0.6) is 0 Å². The van der Waals surface area contributed by atoms with Crippen LogP contribution in [0.1, 0.15) is 49.0 Å². The summed E-state index contributed by atoms with van der Waals surface area (Å²) in [5.41, 5.74) is 9.19. The maximum Gasteiger partial charge on any atom is 0.279 e. The second-order valence-corrected chi connectivity index (χ2v) is 9.44.